The molecule has 1 aliphatic rings. The number of hydrazone groups is 1. The summed E-state index contributed by atoms with van der Waals surface area (Å²) in [5.41, 5.74) is 6.01. The number of ether oxygens (including phenoxy) is 1. The Balaban J connectivity index is 1.38. The maximum absolute atomic E-state index is 12.4. The van der Waals surface area contributed by atoms with Gasteiger partial charge in [-0.2, -0.15) is 5.10 Å². The number of hydrogen-bond acceptors (Lipinski definition) is 4. The molecule has 3 aromatic carbocycles. The van der Waals surface area contributed by atoms with Gasteiger partial charge in [-0.25, -0.2) is 5.43 Å². The first-order valence-corrected chi connectivity index (χ1v) is 8.97. The van der Waals surface area contributed by atoms with Crippen molar-refractivity contribution in [2.45, 2.75) is 13.0 Å². The van der Waals surface area contributed by atoms with E-state index in [9.17, 15) is 9.59 Å². The number of rotatable bonds is 5. The second-order valence-corrected chi connectivity index (χ2v) is 6.44. The summed E-state index contributed by atoms with van der Waals surface area (Å²) < 4.78 is 5.70. The van der Waals surface area contributed by atoms with E-state index in [1.807, 2.05) is 60.7 Å². The van der Waals surface area contributed by atoms with Crippen molar-refractivity contribution in [2.75, 3.05) is 0 Å². The Morgan fingerprint density at radius 1 is 0.893 bits per heavy atom. The predicted octanol–water partition coefficient (Wildman–Crippen LogP) is 3.99. The van der Waals surface area contributed by atoms with Gasteiger partial charge in [0.25, 0.3) is 5.91 Å². The number of ketones is 1. The van der Waals surface area contributed by atoms with Crippen LogP contribution in [0.5, 0.6) is 5.75 Å². The van der Waals surface area contributed by atoms with Crippen LogP contribution >= 0.6 is 0 Å². The molecule has 28 heavy (non-hydrogen) atoms. The van der Waals surface area contributed by atoms with E-state index in [-0.39, 0.29) is 18.1 Å². The highest BCUT2D eigenvalue weighted by Gasteiger charge is 2.25. The molecule has 0 heterocycles. The van der Waals surface area contributed by atoms with E-state index in [2.05, 4.69) is 10.5 Å². The molecular formula is C23H18N2O3. The highest BCUT2D eigenvalue weighted by atomic mass is 16.5. The molecule has 0 spiro atoms. The zero-order valence-electron chi connectivity index (χ0n) is 15.1. The van der Waals surface area contributed by atoms with Crippen LogP contribution in [0.25, 0.3) is 0 Å². The number of hydrogen-bond donors (Lipinski definition) is 1. The average Bonchev–Trinajstić information content (AvgIpc) is 3.07. The van der Waals surface area contributed by atoms with E-state index in [4.69, 9.17) is 4.74 Å². The van der Waals surface area contributed by atoms with Gasteiger partial charge in [0.1, 0.15) is 12.4 Å². The SMILES string of the molecule is O=C(NN=C1CC(=O)c2ccccc21)c1ccc(COc2ccccc2)cc1. The Morgan fingerprint density at radius 3 is 2.32 bits per heavy atom. The van der Waals surface area contributed by atoms with Gasteiger partial charge in [-0.05, 0) is 29.8 Å². The number of Topliss-reactive ketones (excluding diaryl/α,β-unsaturated/α-hetero) is 1. The van der Waals surface area contributed by atoms with E-state index < -0.39 is 0 Å². The summed E-state index contributed by atoms with van der Waals surface area (Å²) in [5.74, 6) is 0.498. The Hall–Kier alpha value is -3.73. The molecule has 0 saturated heterocycles. The summed E-state index contributed by atoms with van der Waals surface area (Å²) in [6, 6.07) is 24.0. The number of nitrogens with zero attached hydrogens (tertiary/aromatic N) is 1. The van der Waals surface area contributed by atoms with Gasteiger partial charge in [-0.3, -0.25) is 9.59 Å². The van der Waals surface area contributed by atoms with Crippen LogP contribution in [0.4, 0.5) is 0 Å². The fraction of sp³-hybridized carbons (Fsp3) is 0.0870. The van der Waals surface area contributed by atoms with E-state index in [1.54, 1.807) is 18.2 Å². The summed E-state index contributed by atoms with van der Waals surface area (Å²) in [7, 11) is 0. The maximum Gasteiger partial charge on any atom is 0.271 e. The molecule has 0 atom stereocenters. The van der Waals surface area contributed by atoms with Gasteiger partial charge in [0.05, 0.1) is 12.1 Å². The van der Waals surface area contributed by atoms with Gasteiger partial charge in [0.2, 0.25) is 0 Å². The van der Waals surface area contributed by atoms with Crippen LogP contribution in [0.3, 0.4) is 0 Å². The molecular weight excluding hydrogens is 352 g/mol. The monoisotopic (exact) mass is 370 g/mol. The van der Waals surface area contributed by atoms with Gasteiger partial charge < -0.3 is 4.74 Å². The minimum Gasteiger partial charge on any atom is -0.489 e. The van der Waals surface area contributed by atoms with E-state index in [0.717, 1.165) is 16.9 Å². The predicted molar refractivity (Wildman–Crippen MR) is 107 cm³/mol. The van der Waals surface area contributed by atoms with Crippen molar-refractivity contribution in [3.63, 3.8) is 0 Å². The molecule has 0 bridgehead atoms. The lowest BCUT2D eigenvalue weighted by molar-refractivity contribution is 0.0952. The topological polar surface area (TPSA) is 67.8 Å². The fourth-order valence-electron chi connectivity index (χ4n) is 3.04. The summed E-state index contributed by atoms with van der Waals surface area (Å²) in [6.07, 6.45) is 0.204. The molecule has 0 saturated carbocycles. The minimum absolute atomic E-state index is 0.0198. The molecule has 0 fully saturated rings. The fourth-order valence-corrected chi connectivity index (χ4v) is 3.04. The van der Waals surface area contributed by atoms with Crippen molar-refractivity contribution >= 4 is 17.4 Å². The lowest BCUT2D eigenvalue weighted by Gasteiger charge is -2.07. The van der Waals surface area contributed by atoms with Crippen LogP contribution in [0, 0.1) is 0 Å². The van der Waals surface area contributed by atoms with E-state index >= 15 is 0 Å². The van der Waals surface area contributed by atoms with Gasteiger partial charge >= 0.3 is 0 Å². The molecule has 1 aliphatic carbocycles. The summed E-state index contributed by atoms with van der Waals surface area (Å²) in [5, 5.41) is 4.16. The average molecular weight is 370 g/mol. The largest absolute Gasteiger partial charge is 0.489 e. The third kappa shape index (κ3) is 3.83. The van der Waals surface area contributed by atoms with E-state index in [0.29, 0.717) is 23.4 Å². The van der Waals surface area contributed by atoms with Crippen molar-refractivity contribution in [1.82, 2.24) is 5.43 Å². The first-order valence-electron chi connectivity index (χ1n) is 8.97. The second kappa shape index (κ2) is 7.88. The first kappa shape index (κ1) is 17.7. The summed E-state index contributed by atoms with van der Waals surface area (Å²) in [6.45, 7) is 0.424. The molecule has 138 valence electrons. The summed E-state index contributed by atoms with van der Waals surface area (Å²) in [4.78, 5) is 24.3. The highest BCUT2D eigenvalue weighted by Crippen LogP contribution is 2.22. The smallest absolute Gasteiger partial charge is 0.271 e. The lowest BCUT2D eigenvalue weighted by Crippen LogP contribution is -2.19. The normalized spacial score (nSPS) is 14.0. The van der Waals surface area contributed by atoms with Crippen LogP contribution < -0.4 is 10.2 Å². The Bertz CT molecular complexity index is 1040. The molecule has 4 rings (SSSR count). The minimum atomic E-state index is -0.320. The van der Waals surface area contributed by atoms with Crippen LogP contribution in [0.15, 0.2) is 84.0 Å². The van der Waals surface area contributed by atoms with Crippen molar-refractivity contribution < 1.29 is 14.3 Å². The zero-order chi connectivity index (χ0) is 19.3. The molecule has 0 aliphatic heterocycles. The third-order valence-electron chi connectivity index (χ3n) is 4.52. The van der Waals surface area contributed by atoms with Crippen molar-refractivity contribution in [3.8, 4) is 5.75 Å². The van der Waals surface area contributed by atoms with Crippen molar-refractivity contribution in [1.29, 1.82) is 0 Å². The van der Waals surface area contributed by atoms with Crippen molar-refractivity contribution in [2.24, 2.45) is 5.10 Å². The Kier molecular flexibility index (Phi) is 4.97. The quantitative estimate of drug-likeness (QED) is 0.691. The zero-order valence-corrected chi connectivity index (χ0v) is 15.1. The molecule has 1 N–H and O–H groups in total. The molecule has 0 aromatic heterocycles. The van der Waals surface area contributed by atoms with Gasteiger partial charge in [-0.1, -0.05) is 54.6 Å². The third-order valence-corrected chi connectivity index (χ3v) is 4.52. The molecule has 0 unspecified atom stereocenters. The second-order valence-electron chi connectivity index (χ2n) is 6.44. The van der Waals surface area contributed by atoms with Gasteiger partial charge in [0, 0.05) is 16.7 Å². The number of nitrogens with one attached hydrogen (secondary N) is 1. The van der Waals surface area contributed by atoms with Gasteiger partial charge in [-0.15, -0.1) is 0 Å². The molecule has 3 aromatic rings. The van der Waals surface area contributed by atoms with Crippen LogP contribution in [0.2, 0.25) is 0 Å². The maximum atomic E-state index is 12.4. The number of amides is 1. The first-order chi connectivity index (χ1) is 13.7. The number of carbonyl (C=O) groups is 2. The highest BCUT2D eigenvalue weighted by molar-refractivity contribution is 6.26. The summed E-state index contributed by atoms with van der Waals surface area (Å²) >= 11 is 0. The molecule has 5 nitrogen and oxygen atoms in total. The lowest BCUT2D eigenvalue weighted by atomic mass is 10.1. The number of benzene rings is 3. The number of carbonyl (C=O) groups excluding carboxylic acids is 2. The Morgan fingerprint density at radius 2 is 1.57 bits per heavy atom. The number of fused-ring (bicyclic) bond motifs is 1. The van der Waals surface area contributed by atoms with Gasteiger partial charge in [0.15, 0.2) is 5.78 Å². The van der Waals surface area contributed by atoms with Crippen LogP contribution in [-0.2, 0) is 6.61 Å². The molecule has 5 heteroatoms. The van der Waals surface area contributed by atoms with Crippen LogP contribution in [0.1, 0.15) is 38.3 Å². The molecule has 1 amide bonds. The molecule has 0 radical (unpaired) electrons. The van der Waals surface area contributed by atoms with Crippen molar-refractivity contribution in [3.05, 3.63) is 101 Å². The van der Waals surface area contributed by atoms with Crippen LogP contribution in [-0.4, -0.2) is 17.4 Å². The standard InChI is InChI=1S/C23H18N2O3/c26-22-14-21(19-8-4-5-9-20(19)22)24-25-23(27)17-12-10-16(11-13-17)15-28-18-6-2-1-3-7-18/h1-13H,14-15H2,(H,25,27). The number of para-hydroxylation sites is 1. The van der Waals surface area contributed by atoms with E-state index in [1.165, 1.54) is 0 Å². The Labute approximate surface area is 162 Å².